The Morgan fingerprint density at radius 2 is 1.81 bits per heavy atom. The van der Waals surface area contributed by atoms with E-state index in [-0.39, 0.29) is 16.7 Å². The van der Waals surface area contributed by atoms with Crippen LogP contribution >= 0.6 is 11.3 Å². The Morgan fingerprint density at radius 1 is 1.19 bits per heavy atom. The second-order valence-electron chi connectivity index (χ2n) is 5.40. The van der Waals surface area contributed by atoms with E-state index in [2.05, 4.69) is 5.10 Å². The Kier molecular flexibility index (Phi) is 6.04. The van der Waals surface area contributed by atoms with E-state index in [0.29, 0.717) is 6.54 Å². The number of benzene rings is 1. The summed E-state index contributed by atoms with van der Waals surface area (Å²) in [7, 11) is -3.22. The molecule has 0 amide bonds. The lowest BCUT2D eigenvalue weighted by atomic mass is 10.2. The fraction of sp³-hybridized carbons (Fsp3) is 0.188. The van der Waals surface area contributed by atoms with Gasteiger partial charge in [0.2, 0.25) is 0 Å². The summed E-state index contributed by atoms with van der Waals surface area (Å²) in [6.07, 6.45) is 2.91. The molecule has 0 aliphatic carbocycles. The molecule has 10 heteroatoms. The Morgan fingerprint density at radius 3 is 2.31 bits per heavy atom. The zero-order chi connectivity index (χ0) is 19.3. The number of thiophene rings is 1. The van der Waals surface area contributed by atoms with Gasteiger partial charge in [0.05, 0.1) is 11.4 Å². The van der Waals surface area contributed by atoms with Crippen molar-refractivity contribution < 1.29 is 18.0 Å². The van der Waals surface area contributed by atoms with E-state index < -0.39 is 9.84 Å². The van der Waals surface area contributed by atoms with E-state index in [1.54, 1.807) is 12.1 Å². The van der Waals surface area contributed by atoms with E-state index >= 15 is 0 Å². The van der Waals surface area contributed by atoms with Crippen LogP contribution in [-0.2, 0) is 26.0 Å². The van der Waals surface area contributed by atoms with Gasteiger partial charge in [-0.15, -0.1) is 11.3 Å². The van der Waals surface area contributed by atoms with Crippen LogP contribution in [0.3, 0.4) is 0 Å². The number of sulfone groups is 1. The Labute approximate surface area is 153 Å². The van der Waals surface area contributed by atoms with Crippen LogP contribution in [0.5, 0.6) is 0 Å². The molecule has 0 saturated heterocycles. The lowest BCUT2D eigenvalue weighted by Gasteiger charge is -2.02. The summed E-state index contributed by atoms with van der Waals surface area (Å²) in [6.45, 7) is 2.26. The second kappa shape index (κ2) is 8.05. The van der Waals surface area contributed by atoms with Crippen molar-refractivity contribution in [1.82, 2.24) is 14.3 Å². The molecule has 0 saturated carbocycles. The standard InChI is InChI=1S/C15H15N3O3S2.CO2/c1-11-7-14(22-9-11)17-10-16-18(15(17)19)8-12-3-5-13(6-4-12)23(2,20)21;2-1-3/h3-7,9-10H,8H2,1-2H3;. The van der Waals surface area contributed by atoms with Gasteiger partial charge >= 0.3 is 11.8 Å². The summed E-state index contributed by atoms with van der Waals surface area (Å²) in [6, 6.07) is 8.39. The number of hydrogen-bond acceptors (Lipinski definition) is 7. The third-order valence-electron chi connectivity index (χ3n) is 3.37. The van der Waals surface area contributed by atoms with Crippen molar-refractivity contribution in [2.45, 2.75) is 18.4 Å². The minimum atomic E-state index is -3.22. The molecule has 0 spiro atoms. The van der Waals surface area contributed by atoms with Crippen molar-refractivity contribution in [1.29, 1.82) is 0 Å². The third kappa shape index (κ3) is 4.63. The first-order chi connectivity index (χ1) is 12.3. The molecule has 0 unspecified atom stereocenters. The first-order valence-electron chi connectivity index (χ1n) is 7.24. The zero-order valence-corrected chi connectivity index (χ0v) is 15.6. The SMILES string of the molecule is Cc1csc(-n2cnn(Cc3ccc(S(C)(=O)=O)cc3)c2=O)c1.O=C=O. The lowest BCUT2D eigenvalue weighted by Crippen LogP contribution is -2.23. The molecule has 2 heterocycles. The summed E-state index contributed by atoms with van der Waals surface area (Å²) in [5.41, 5.74) is 1.69. The van der Waals surface area contributed by atoms with Gasteiger partial charge in [0.15, 0.2) is 9.84 Å². The molecular formula is C16H15N3O5S2. The summed E-state index contributed by atoms with van der Waals surface area (Å²) in [5.74, 6) is 0. The average molecular weight is 393 g/mol. The number of carbonyl (C=O) groups excluding carboxylic acids is 2. The first kappa shape index (κ1) is 19.5. The van der Waals surface area contributed by atoms with E-state index in [4.69, 9.17) is 9.59 Å². The van der Waals surface area contributed by atoms with Gasteiger partial charge in [0.25, 0.3) is 0 Å². The highest BCUT2D eigenvalue weighted by Gasteiger charge is 2.10. The molecular weight excluding hydrogens is 378 g/mol. The minimum absolute atomic E-state index is 0.223. The first-order valence-corrected chi connectivity index (χ1v) is 10.0. The number of aryl methyl sites for hydroxylation is 1. The van der Waals surface area contributed by atoms with Crippen molar-refractivity contribution >= 4 is 27.3 Å². The van der Waals surface area contributed by atoms with Crippen LogP contribution in [0, 0.1) is 6.92 Å². The molecule has 3 rings (SSSR count). The lowest BCUT2D eigenvalue weighted by molar-refractivity contribution is -0.191. The van der Waals surface area contributed by atoms with Crippen LogP contribution in [0.4, 0.5) is 0 Å². The monoisotopic (exact) mass is 393 g/mol. The zero-order valence-electron chi connectivity index (χ0n) is 13.9. The van der Waals surface area contributed by atoms with Crippen molar-refractivity contribution in [2.24, 2.45) is 0 Å². The van der Waals surface area contributed by atoms with Crippen LogP contribution in [0.1, 0.15) is 11.1 Å². The van der Waals surface area contributed by atoms with Crippen LogP contribution < -0.4 is 5.69 Å². The molecule has 0 N–H and O–H groups in total. The van der Waals surface area contributed by atoms with Gasteiger partial charge in [0.1, 0.15) is 11.3 Å². The second-order valence-corrected chi connectivity index (χ2v) is 8.31. The number of rotatable bonds is 4. The maximum atomic E-state index is 12.4. The topological polar surface area (TPSA) is 108 Å². The molecule has 0 aliphatic heterocycles. The fourth-order valence-electron chi connectivity index (χ4n) is 2.15. The Bertz CT molecular complexity index is 1090. The van der Waals surface area contributed by atoms with E-state index in [1.165, 1.54) is 39.0 Å². The molecule has 0 radical (unpaired) electrons. The van der Waals surface area contributed by atoms with Gasteiger partial charge in [-0.3, -0.25) is 0 Å². The molecule has 0 aliphatic rings. The number of nitrogens with zero attached hydrogens (tertiary/aromatic N) is 3. The van der Waals surface area contributed by atoms with Crippen LogP contribution in [-0.4, -0.2) is 35.2 Å². The Hall–Kier alpha value is -2.81. The molecule has 0 fully saturated rings. The average Bonchev–Trinajstić information content (AvgIpc) is 3.14. The van der Waals surface area contributed by atoms with Gasteiger partial charge in [-0.05, 0) is 41.6 Å². The molecule has 0 atom stereocenters. The summed E-state index contributed by atoms with van der Waals surface area (Å²) in [5, 5.41) is 6.92. The normalized spacial score (nSPS) is 10.7. The smallest absolute Gasteiger partial charge is 0.246 e. The van der Waals surface area contributed by atoms with Crippen molar-refractivity contribution in [3.63, 3.8) is 0 Å². The highest BCUT2D eigenvalue weighted by Crippen LogP contribution is 2.16. The molecule has 3 aromatic rings. The molecule has 8 nitrogen and oxygen atoms in total. The van der Waals surface area contributed by atoms with Gasteiger partial charge in [-0.1, -0.05) is 12.1 Å². The largest absolute Gasteiger partial charge is 0.373 e. The minimum Gasteiger partial charge on any atom is -0.246 e. The Balaban J connectivity index is 0.000000758. The predicted octanol–water partition coefficient (Wildman–Crippen LogP) is 1.27. The number of aromatic nitrogens is 3. The van der Waals surface area contributed by atoms with E-state index in [9.17, 15) is 13.2 Å². The quantitative estimate of drug-likeness (QED) is 0.660. The maximum absolute atomic E-state index is 12.4. The number of hydrogen-bond donors (Lipinski definition) is 0. The molecule has 136 valence electrons. The molecule has 0 bridgehead atoms. The van der Waals surface area contributed by atoms with Crippen molar-refractivity contribution in [2.75, 3.05) is 6.26 Å². The third-order valence-corrected chi connectivity index (χ3v) is 5.55. The maximum Gasteiger partial charge on any atom is 0.373 e. The molecule has 2 aromatic heterocycles. The van der Waals surface area contributed by atoms with E-state index in [1.807, 2.05) is 18.4 Å². The van der Waals surface area contributed by atoms with Gasteiger partial charge in [-0.2, -0.15) is 14.7 Å². The summed E-state index contributed by atoms with van der Waals surface area (Å²) < 4.78 is 25.8. The molecule has 1 aromatic carbocycles. The van der Waals surface area contributed by atoms with Crippen LogP contribution in [0.25, 0.3) is 5.00 Å². The highest BCUT2D eigenvalue weighted by molar-refractivity contribution is 7.90. The van der Waals surface area contributed by atoms with Crippen LogP contribution in [0.2, 0.25) is 0 Å². The van der Waals surface area contributed by atoms with Gasteiger partial charge in [-0.25, -0.2) is 22.5 Å². The fourth-order valence-corrected chi connectivity index (χ4v) is 3.65. The van der Waals surface area contributed by atoms with E-state index in [0.717, 1.165) is 22.4 Å². The van der Waals surface area contributed by atoms with Gasteiger partial charge in [0, 0.05) is 6.26 Å². The highest BCUT2D eigenvalue weighted by atomic mass is 32.2. The van der Waals surface area contributed by atoms with Gasteiger partial charge < -0.3 is 0 Å². The van der Waals surface area contributed by atoms with Crippen molar-refractivity contribution in [3.05, 3.63) is 63.7 Å². The summed E-state index contributed by atoms with van der Waals surface area (Å²) >= 11 is 1.48. The molecule has 26 heavy (non-hydrogen) atoms. The van der Waals surface area contributed by atoms with Crippen molar-refractivity contribution in [3.8, 4) is 5.00 Å². The van der Waals surface area contributed by atoms with Crippen LogP contribution in [0.15, 0.2) is 51.7 Å². The summed E-state index contributed by atoms with van der Waals surface area (Å²) in [4.78, 5) is 28.9. The predicted molar refractivity (Wildman–Crippen MR) is 94.1 cm³/mol.